The summed E-state index contributed by atoms with van der Waals surface area (Å²) in [4.78, 5) is 0. The molecule has 0 radical (unpaired) electrons. The van der Waals surface area contributed by atoms with Crippen molar-refractivity contribution in [2.24, 2.45) is 0 Å². The molecule has 1 spiro atoms. The van der Waals surface area contributed by atoms with Crippen LogP contribution in [0.4, 0.5) is 0 Å². The molecule has 94 valence electrons. The zero-order chi connectivity index (χ0) is 11.4. The third kappa shape index (κ3) is 3.28. The first-order chi connectivity index (χ1) is 7.70. The van der Waals surface area contributed by atoms with Crippen LogP contribution in [0.15, 0.2) is 0 Å². The third-order valence-corrected chi connectivity index (χ3v) is 4.66. The van der Waals surface area contributed by atoms with E-state index in [9.17, 15) is 4.21 Å². The molecule has 0 amide bonds. The van der Waals surface area contributed by atoms with Gasteiger partial charge < -0.3 is 10.1 Å². The average Bonchev–Trinajstić information content (AvgIpc) is 2.22. The lowest BCUT2D eigenvalue weighted by Gasteiger charge is -2.47. The predicted molar refractivity (Wildman–Crippen MR) is 67.1 cm³/mol. The van der Waals surface area contributed by atoms with E-state index in [-0.39, 0.29) is 5.60 Å². The van der Waals surface area contributed by atoms with Crippen molar-refractivity contribution in [3.63, 3.8) is 0 Å². The normalized spacial score (nSPS) is 29.9. The Morgan fingerprint density at radius 1 is 1.50 bits per heavy atom. The van der Waals surface area contributed by atoms with E-state index in [1.54, 1.807) is 6.26 Å². The van der Waals surface area contributed by atoms with Gasteiger partial charge in [0.2, 0.25) is 0 Å². The fourth-order valence-corrected chi connectivity index (χ4v) is 3.25. The highest BCUT2D eigenvalue weighted by Gasteiger charge is 2.42. The van der Waals surface area contributed by atoms with Gasteiger partial charge in [0.1, 0.15) is 0 Å². The maximum absolute atomic E-state index is 10.9. The lowest BCUT2D eigenvalue weighted by molar-refractivity contribution is -0.135. The van der Waals surface area contributed by atoms with Gasteiger partial charge in [-0.05, 0) is 45.1 Å². The standard InChI is InChI=1S/C12H23NO2S/c1-16(14)9-3-7-13-11-4-8-15-12(10-11)5-2-6-12/h11,13H,2-10H2,1H3. The van der Waals surface area contributed by atoms with Gasteiger partial charge in [-0.2, -0.15) is 0 Å². The minimum atomic E-state index is -0.642. The minimum absolute atomic E-state index is 0.240. The van der Waals surface area contributed by atoms with Crippen molar-refractivity contribution in [2.45, 2.75) is 50.2 Å². The number of rotatable bonds is 5. The topological polar surface area (TPSA) is 38.3 Å². The number of nitrogens with one attached hydrogen (secondary N) is 1. The van der Waals surface area contributed by atoms with Crippen molar-refractivity contribution in [3.05, 3.63) is 0 Å². The Hall–Kier alpha value is 0.0700. The fourth-order valence-electron chi connectivity index (χ4n) is 2.70. The maximum atomic E-state index is 10.9. The lowest BCUT2D eigenvalue weighted by atomic mass is 9.74. The Morgan fingerprint density at radius 3 is 2.94 bits per heavy atom. The molecule has 2 aliphatic rings. The van der Waals surface area contributed by atoms with Gasteiger partial charge in [0.05, 0.1) is 5.60 Å². The van der Waals surface area contributed by atoms with Crippen molar-refractivity contribution >= 4 is 10.8 Å². The Balaban J connectivity index is 1.64. The molecule has 2 unspecified atom stereocenters. The number of hydrogen-bond donors (Lipinski definition) is 1. The SMILES string of the molecule is CS(=O)CCCNC1CCOC2(CCC2)C1. The highest BCUT2D eigenvalue weighted by atomic mass is 32.2. The molecule has 16 heavy (non-hydrogen) atoms. The summed E-state index contributed by atoms with van der Waals surface area (Å²) in [5, 5.41) is 3.59. The van der Waals surface area contributed by atoms with E-state index in [2.05, 4.69) is 5.32 Å². The van der Waals surface area contributed by atoms with Gasteiger partial charge in [-0.1, -0.05) is 0 Å². The van der Waals surface area contributed by atoms with Gasteiger partial charge in [-0.3, -0.25) is 4.21 Å². The van der Waals surface area contributed by atoms with E-state index in [0.29, 0.717) is 6.04 Å². The van der Waals surface area contributed by atoms with Gasteiger partial charge in [-0.25, -0.2) is 0 Å². The van der Waals surface area contributed by atoms with Crippen LogP contribution in [0.5, 0.6) is 0 Å². The Bertz CT molecular complexity index is 253. The highest BCUT2D eigenvalue weighted by molar-refractivity contribution is 7.84. The zero-order valence-electron chi connectivity index (χ0n) is 10.2. The van der Waals surface area contributed by atoms with Crippen LogP contribution in [-0.4, -0.2) is 41.0 Å². The first-order valence-corrected chi connectivity index (χ1v) is 8.10. The van der Waals surface area contributed by atoms with Crippen molar-refractivity contribution in [3.8, 4) is 0 Å². The highest BCUT2D eigenvalue weighted by Crippen LogP contribution is 2.42. The lowest BCUT2D eigenvalue weighted by Crippen LogP contribution is -2.51. The molecular weight excluding hydrogens is 222 g/mol. The van der Waals surface area contributed by atoms with Crippen LogP contribution >= 0.6 is 0 Å². The predicted octanol–water partition coefficient (Wildman–Crippen LogP) is 1.45. The zero-order valence-corrected chi connectivity index (χ0v) is 11.0. The molecule has 1 saturated carbocycles. The van der Waals surface area contributed by atoms with Crippen LogP contribution in [0.25, 0.3) is 0 Å². The van der Waals surface area contributed by atoms with Crippen LogP contribution in [0.2, 0.25) is 0 Å². The molecule has 1 saturated heterocycles. The van der Waals surface area contributed by atoms with E-state index in [4.69, 9.17) is 4.74 Å². The summed E-state index contributed by atoms with van der Waals surface area (Å²) in [7, 11) is -0.642. The van der Waals surface area contributed by atoms with Crippen molar-refractivity contribution in [2.75, 3.05) is 25.2 Å². The second-order valence-electron chi connectivity index (χ2n) is 5.16. The second-order valence-corrected chi connectivity index (χ2v) is 6.71. The van der Waals surface area contributed by atoms with Crippen molar-refractivity contribution < 1.29 is 8.95 Å². The van der Waals surface area contributed by atoms with Crippen LogP contribution < -0.4 is 5.32 Å². The largest absolute Gasteiger partial charge is 0.375 e. The first-order valence-electron chi connectivity index (χ1n) is 6.38. The van der Waals surface area contributed by atoms with E-state index in [1.165, 1.54) is 25.7 Å². The quantitative estimate of drug-likeness (QED) is 0.745. The van der Waals surface area contributed by atoms with Gasteiger partial charge in [0.15, 0.2) is 0 Å². The van der Waals surface area contributed by atoms with Gasteiger partial charge in [-0.15, -0.1) is 0 Å². The molecule has 0 aromatic heterocycles. The van der Waals surface area contributed by atoms with Crippen LogP contribution in [0.1, 0.15) is 38.5 Å². The molecule has 3 nitrogen and oxygen atoms in total. The van der Waals surface area contributed by atoms with Gasteiger partial charge >= 0.3 is 0 Å². The monoisotopic (exact) mass is 245 g/mol. The summed E-state index contributed by atoms with van der Waals surface area (Å²) in [5.74, 6) is 0.821. The average molecular weight is 245 g/mol. The minimum Gasteiger partial charge on any atom is -0.375 e. The van der Waals surface area contributed by atoms with E-state index in [1.807, 2.05) is 0 Å². The Morgan fingerprint density at radius 2 is 2.31 bits per heavy atom. The first kappa shape index (κ1) is 12.5. The second kappa shape index (κ2) is 5.61. The molecular formula is C12H23NO2S. The van der Waals surface area contributed by atoms with Crippen LogP contribution in [0, 0.1) is 0 Å². The molecule has 0 bridgehead atoms. The van der Waals surface area contributed by atoms with Crippen LogP contribution in [-0.2, 0) is 15.5 Å². The smallest absolute Gasteiger partial charge is 0.0697 e. The summed E-state index contributed by atoms with van der Waals surface area (Å²) >= 11 is 0. The Kier molecular flexibility index (Phi) is 4.39. The molecule has 1 heterocycles. The number of ether oxygens (including phenoxy) is 1. The van der Waals surface area contributed by atoms with E-state index in [0.717, 1.165) is 31.7 Å². The molecule has 4 heteroatoms. The summed E-state index contributed by atoms with van der Waals surface area (Å²) in [6.45, 7) is 1.91. The fraction of sp³-hybridized carbons (Fsp3) is 1.00. The van der Waals surface area contributed by atoms with Crippen molar-refractivity contribution in [1.29, 1.82) is 0 Å². The summed E-state index contributed by atoms with van der Waals surface area (Å²) in [5.41, 5.74) is 0.240. The maximum Gasteiger partial charge on any atom is 0.0697 e. The molecule has 1 aliphatic heterocycles. The van der Waals surface area contributed by atoms with E-state index >= 15 is 0 Å². The van der Waals surface area contributed by atoms with Gasteiger partial charge in [0.25, 0.3) is 0 Å². The molecule has 2 fully saturated rings. The molecule has 2 rings (SSSR count). The summed E-state index contributed by atoms with van der Waals surface area (Å²) in [6, 6.07) is 0.624. The molecule has 1 N–H and O–H groups in total. The van der Waals surface area contributed by atoms with E-state index < -0.39 is 10.8 Å². The molecule has 1 aliphatic carbocycles. The summed E-state index contributed by atoms with van der Waals surface area (Å²) < 4.78 is 16.8. The third-order valence-electron chi connectivity index (χ3n) is 3.80. The summed E-state index contributed by atoms with van der Waals surface area (Å²) in [6.07, 6.45) is 8.96. The van der Waals surface area contributed by atoms with Gasteiger partial charge in [0, 0.05) is 35.5 Å². The molecule has 0 aromatic rings. The number of hydrogen-bond acceptors (Lipinski definition) is 3. The van der Waals surface area contributed by atoms with Crippen molar-refractivity contribution in [1.82, 2.24) is 5.32 Å². The molecule has 2 atom stereocenters. The molecule has 0 aromatic carbocycles. The Labute approximate surface area is 101 Å². The van der Waals surface area contributed by atoms with Crippen LogP contribution in [0.3, 0.4) is 0 Å².